The average Bonchev–Trinajstić information content (AvgIpc) is 2.27. The molecule has 0 aromatic heterocycles. The third kappa shape index (κ3) is 4.65. The number of halogens is 1. The Morgan fingerprint density at radius 1 is 1.28 bits per heavy atom. The quantitative estimate of drug-likeness (QED) is 0.772. The van der Waals surface area contributed by atoms with Crippen LogP contribution in [0.2, 0.25) is 0 Å². The van der Waals surface area contributed by atoms with E-state index in [1.807, 2.05) is 36.1 Å². The molecule has 0 fully saturated rings. The van der Waals surface area contributed by atoms with E-state index in [2.05, 4.69) is 36.7 Å². The second-order valence-corrected chi connectivity index (χ2v) is 7.02. The van der Waals surface area contributed by atoms with E-state index in [1.54, 1.807) is 11.8 Å². The van der Waals surface area contributed by atoms with Crippen molar-refractivity contribution < 1.29 is 4.79 Å². The van der Waals surface area contributed by atoms with Gasteiger partial charge in [0.15, 0.2) is 0 Å². The van der Waals surface area contributed by atoms with Gasteiger partial charge in [-0.15, -0.1) is 11.8 Å². The molecule has 2 nitrogen and oxygen atoms in total. The van der Waals surface area contributed by atoms with Crippen molar-refractivity contribution in [2.24, 2.45) is 0 Å². The molecule has 18 heavy (non-hydrogen) atoms. The molecule has 0 aliphatic carbocycles. The molecule has 0 aliphatic rings. The number of carbonyl (C=O) groups excluding carboxylic acids is 1. The molecule has 100 valence electrons. The zero-order valence-corrected chi connectivity index (χ0v) is 13.8. The fraction of sp³-hybridized carbons (Fsp3) is 0.500. The van der Waals surface area contributed by atoms with Crippen LogP contribution in [0.15, 0.2) is 33.6 Å². The fourth-order valence-electron chi connectivity index (χ4n) is 1.78. The first-order valence-electron chi connectivity index (χ1n) is 6.03. The van der Waals surface area contributed by atoms with Crippen LogP contribution >= 0.6 is 27.7 Å². The average molecular weight is 330 g/mol. The first-order chi connectivity index (χ1) is 8.34. The highest BCUT2D eigenvalue weighted by atomic mass is 79.9. The van der Waals surface area contributed by atoms with Crippen LogP contribution in [0.1, 0.15) is 27.7 Å². The Labute approximate surface area is 122 Å². The number of hydrogen-bond acceptors (Lipinski definition) is 2. The number of thioether (sulfide) groups is 1. The largest absolute Gasteiger partial charge is 0.337 e. The molecule has 0 bridgehead atoms. The van der Waals surface area contributed by atoms with E-state index in [9.17, 15) is 4.79 Å². The van der Waals surface area contributed by atoms with Crippen molar-refractivity contribution in [1.82, 2.24) is 4.90 Å². The van der Waals surface area contributed by atoms with E-state index in [-0.39, 0.29) is 11.4 Å². The zero-order valence-electron chi connectivity index (χ0n) is 11.4. The van der Waals surface area contributed by atoms with Crippen LogP contribution in [0.3, 0.4) is 0 Å². The molecule has 0 unspecified atom stereocenters. The number of benzene rings is 1. The molecule has 0 saturated heterocycles. The summed E-state index contributed by atoms with van der Waals surface area (Å²) in [6.07, 6.45) is 0. The number of carbonyl (C=O) groups is 1. The Morgan fingerprint density at radius 3 is 2.28 bits per heavy atom. The van der Waals surface area contributed by atoms with Crippen molar-refractivity contribution in [3.05, 3.63) is 28.7 Å². The summed E-state index contributed by atoms with van der Waals surface area (Å²) in [5, 5.41) is 0. The minimum absolute atomic E-state index is 0.105. The number of amides is 1. The van der Waals surface area contributed by atoms with Gasteiger partial charge in [-0.05, 0) is 52.0 Å². The first kappa shape index (κ1) is 15.6. The van der Waals surface area contributed by atoms with Gasteiger partial charge in [0.05, 0.1) is 5.75 Å². The second-order valence-electron chi connectivity index (χ2n) is 5.05. The Morgan fingerprint density at radius 2 is 1.83 bits per heavy atom. The molecule has 0 atom stereocenters. The second kappa shape index (κ2) is 6.62. The van der Waals surface area contributed by atoms with Gasteiger partial charge in [0.1, 0.15) is 0 Å². The van der Waals surface area contributed by atoms with Crippen molar-refractivity contribution in [3.8, 4) is 0 Å². The van der Waals surface area contributed by atoms with Crippen LogP contribution in [0.4, 0.5) is 0 Å². The summed E-state index contributed by atoms with van der Waals surface area (Å²) >= 11 is 4.99. The van der Waals surface area contributed by atoms with Crippen LogP contribution in [-0.4, -0.2) is 28.6 Å². The highest BCUT2D eigenvalue weighted by Crippen LogP contribution is 2.22. The lowest BCUT2D eigenvalue weighted by atomic mass is 10.1. The van der Waals surface area contributed by atoms with Crippen molar-refractivity contribution >= 4 is 33.6 Å². The third-order valence-electron chi connectivity index (χ3n) is 2.60. The molecule has 0 saturated carbocycles. The molecule has 1 aromatic rings. The number of nitrogens with zero attached hydrogens (tertiary/aromatic N) is 1. The summed E-state index contributed by atoms with van der Waals surface area (Å²) < 4.78 is 1.06. The van der Waals surface area contributed by atoms with Gasteiger partial charge in [-0.3, -0.25) is 4.79 Å². The summed E-state index contributed by atoms with van der Waals surface area (Å²) in [4.78, 5) is 15.2. The normalized spacial score (nSPS) is 11.4. The number of hydrogen-bond donors (Lipinski definition) is 0. The third-order valence-corrected chi connectivity index (χ3v) is 4.13. The van der Waals surface area contributed by atoms with Gasteiger partial charge in [-0.1, -0.05) is 15.9 Å². The minimum Gasteiger partial charge on any atom is -0.337 e. The Kier molecular flexibility index (Phi) is 5.73. The summed E-state index contributed by atoms with van der Waals surface area (Å²) in [5.74, 6) is 0.685. The highest BCUT2D eigenvalue weighted by Gasteiger charge is 2.24. The molecular weight excluding hydrogens is 310 g/mol. The zero-order chi connectivity index (χ0) is 13.8. The number of rotatable bonds is 4. The maximum Gasteiger partial charge on any atom is 0.233 e. The van der Waals surface area contributed by atoms with Crippen LogP contribution in [-0.2, 0) is 4.79 Å². The molecule has 1 rings (SSSR count). The topological polar surface area (TPSA) is 20.3 Å². The van der Waals surface area contributed by atoms with Crippen LogP contribution in [0, 0.1) is 0 Å². The molecule has 1 amide bonds. The van der Waals surface area contributed by atoms with Gasteiger partial charge >= 0.3 is 0 Å². The summed E-state index contributed by atoms with van der Waals surface area (Å²) in [6.45, 7) is 8.98. The smallest absolute Gasteiger partial charge is 0.233 e. The Hall–Kier alpha value is -0.480. The van der Waals surface area contributed by atoms with Gasteiger partial charge in [-0.25, -0.2) is 0 Å². The van der Waals surface area contributed by atoms with E-state index in [0.717, 1.165) is 15.9 Å². The molecule has 4 heteroatoms. The SMILES string of the molecule is CCN(C(=O)CSc1ccc(Br)cc1)C(C)(C)C. The Balaban J connectivity index is 2.57. The predicted octanol–water partition coefficient (Wildman–Crippen LogP) is 4.19. The summed E-state index contributed by atoms with van der Waals surface area (Å²) in [6, 6.07) is 8.03. The molecule has 0 aliphatic heterocycles. The van der Waals surface area contributed by atoms with Crippen molar-refractivity contribution in [3.63, 3.8) is 0 Å². The van der Waals surface area contributed by atoms with E-state index in [4.69, 9.17) is 0 Å². The highest BCUT2D eigenvalue weighted by molar-refractivity contribution is 9.10. The molecule has 0 heterocycles. The van der Waals surface area contributed by atoms with Gasteiger partial charge in [-0.2, -0.15) is 0 Å². The Bertz CT molecular complexity index is 397. The van der Waals surface area contributed by atoms with E-state index in [0.29, 0.717) is 5.75 Å². The molecule has 0 N–H and O–H groups in total. The van der Waals surface area contributed by atoms with Crippen LogP contribution in [0.5, 0.6) is 0 Å². The van der Waals surface area contributed by atoms with Crippen LogP contribution < -0.4 is 0 Å². The van der Waals surface area contributed by atoms with Crippen molar-refractivity contribution in [2.75, 3.05) is 12.3 Å². The molecule has 1 aromatic carbocycles. The van der Waals surface area contributed by atoms with Gasteiger partial charge in [0.25, 0.3) is 0 Å². The monoisotopic (exact) mass is 329 g/mol. The maximum atomic E-state index is 12.2. The van der Waals surface area contributed by atoms with Crippen LogP contribution in [0.25, 0.3) is 0 Å². The summed E-state index contributed by atoms with van der Waals surface area (Å²) in [5.41, 5.74) is -0.105. The molecule has 0 spiro atoms. The standard InChI is InChI=1S/C14H20BrNOS/c1-5-16(14(2,3)4)13(17)10-18-12-8-6-11(15)7-9-12/h6-9H,5,10H2,1-4H3. The van der Waals surface area contributed by atoms with E-state index in [1.165, 1.54) is 0 Å². The minimum atomic E-state index is -0.105. The van der Waals surface area contributed by atoms with Gasteiger partial charge in [0, 0.05) is 21.5 Å². The van der Waals surface area contributed by atoms with Crippen molar-refractivity contribution in [2.45, 2.75) is 38.1 Å². The lowest BCUT2D eigenvalue weighted by molar-refractivity contribution is -0.132. The lowest BCUT2D eigenvalue weighted by Crippen LogP contribution is -2.46. The lowest BCUT2D eigenvalue weighted by Gasteiger charge is -2.34. The van der Waals surface area contributed by atoms with Gasteiger partial charge < -0.3 is 4.90 Å². The van der Waals surface area contributed by atoms with Crippen molar-refractivity contribution in [1.29, 1.82) is 0 Å². The first-order valence-corrected chi connectivity index (χ1v) is 7.81. The summed E-state index contributed by atoms with van der Waals surface area (Å²) in [7, 11) is 0. The maximum absolute atomic E-state index is 12.2. The van der Waals surface area contributed by atoms with Gasteiger partial charge in [0.2, 0.25) is 5.91 Å². The molecular formula is C14H20BrNOS. The van der Waals surface area contributed by atoms with E-state index >= 15 is 0 Å². The fourth-order valence-corrected chi connectivity index (χ4v) is 2.82. The molecule has 0 radical (unpaired) electrons. The van der Waals surface area contributed by atoms with E-state index < -0.39 is 0 Å². The predicted molar refractivity (Wildman–Crippen MR) is 82.0 cm³/mol.